The standard InChI is InChI=1S/C14H20ClNO2/c1-17-9-7-16-10-12-6-8-18-14(12)11-2-4-13(15)5-3-11/h2-5,12,14,16H,6-10H2,1H3. The van der Waals surface area contributed by atoms with E-state index in [-0.39, 0.29) is 6.10 Å². The van der Waals surface area contributed by atoms with Crippen LogP contribution in [0.15, 0.2) is 24.3 Å². The molecule has 0 aliphatic carbocycles. The fourth-order valence-corrected chi connectivity index (χ4v) is 2.45. The summed E-state index contributed by atoms with van der Waals surface area (Å²) >= 11 is 5.91. The molecule has 0 saturated carbocycles. The third-order valence-corrected chi connectivity index (χ3v) is 3.55. The maximum atomic E-state index is 5.91. The molecule has 0 radical (unpaired) electrons. The average molecular weight is 270 g/mol. The van der Waals surface area contributed by atoms with Gasteiger partial charge in [-0.2, -0.15) is 0 Å². The Kier molecular flexibility index (Phi) is 5.45. The first-order chi connectivity index (χ1) is 8.81. The van der Waals surface area contributed by atoms with Crippen molar-refractivity contribution in [2.45, 2.75) is 12.5 Å². The first kappa shape index (κ1) is 13.8. The number of ether oxygens (including phenoxy) is 2. The van der Waals surface area contributed by atoms with Gasteiger partial charge in [-0.1, -0.05) is 23.7 Å². The molecule has 0 aromatic heterocycles. The van der Waals surface area contributed by atoms with E-state index in [4.69, 9.17) is 21.1 Å². The van der Waals surface area contributed by atoms with Crippen molar-refractivity contribution in [1.82, 2.24) is 5.32 Å². The topological polar surface area (TPSA) is 30.5 Å². The Hall–Kier alpha value is -0.610. The van der Waals surface area contributed by atoms with Gasteiger partial charge in [0.15, 0.2) is 0 Å². The second kappa shape index (κ2) is 7.10. The molecule has 0 amide bonds. The molecular weight excluding hydrogens is 250 g/mol. The van der Waals surface area contributed by atoms with Gasteiger partial charge >= 0.3 is 0 Å². The predicted octanol–water partition coefficient (Wildman–Crippen LogP) is 2.65. The summed E-state index contributed by atoms with van der Waals surface area (Å²) < 4.78 is 10.9. The molecule has 2 atom stereocenters. The second-order valence-corrected chi connectivity index (χ2v) is 5.03. The number of nitrogens with one attached hydrogen (secondary N) is 1. The molecule has 100 valence electrons. The summed E-state index contributed by atoms with van der Waals surface area (Å²) in [4.78, 5) is 0. The van der Waals surface area contributed by atoms with Gasteiger partial charge in [-0.25, -0.2) is 0 Å². The summed E-state index contributed by atoms with van der Waals surface area (Å²) in [5, 5.41) is 4.18. The lowest BCUT2D eigenvalue weighted by molar-refractivity contribution is 0.0898. The second-order valence-electron chi connectivity index (χ2n) is 4.59. The lowest BCUT2D eigenvalue weighted by Gasteiger charge is -2.19. The van der Waals surface area contributed by atoms with Gasteiger partial charge < -0.3 is 14.8 Å². The molecule has 2 unspecified atom stereocenters. The third-order valence-electron chi connectivity index (χ3n) is 3.30. The van der Waals surface area contributed by atoms with Crippen LogP contribution in [0, 0.1) is 5.92 Å². The van der Waals surface area contributed by atoms with Crippen LogP contribution in [0.4, 0.5) is 0 Å². The molecule has 4 heteroatoms. The van der Waals surface area contributed by atoms with E-state index >= 15 is 0 Å². The van der Waals surface area contributed by atoms with Gasteiger partial charge in [0.2, 0.25) is 0 Å². The number of hydrogen-bond acceptors (Lipinski definition) is 3. The minimum atomic E-state index is 0.192. The van der Waals surface area contributed by atoms with Crippen molar-refractivity contribution in [3.8, 4) is 0 Å². The zero-order chi connectivity index (χ0) is 12.8. The maximum Gasteiger partial charge on any atom is 0.0866 e. The Bertz CT molecular complexity index is 355. The Morgan fingerprint density at radius 3 is 2.89 bits per heavy atom. The highest BCUT2D eigenvalue weighted by molar-refractivity contribution is 6.30. The molecule has 1 aromatic rings. The van der Waals surface area contributed by atoms with Gasteiger partial charge in [0, 0.05) is 37.7 Å². The van der Waals surface area contributed by atoms with Crippen molar-refractivity contribution in [1.29, 1.82) is 0 Å². The van der Waals surface area contributed by atoms with Gasteiger partial charge in [0.1, 0.15) is 0 Å². The van der Waals surface area contributed by atoms with Crippen LogP contribution in [0.5, 0.6) is 0 Å². The summed E-state index contributed by atoms with van der Waals surface area (Å²) in [6, 6.07) is 7.96. The highest BCUT2D eigenvalue weighted by atomic mass is 35.5. The van der Waals surface area contributed by atoms with E-state index in [1.807, 2.05) is 12.1 Å². The Labute approximate surface area is 113 Å². The number of hydrogen-bond donors (Lipinski definition) is 1. The van der Waals surface area contributed by atoms with Crippen LogP contribution in [0.2, 0.25) is 5.02 Å². The number of benzene rings is 1. The molecule has 1 aliphatic rings. The minimum Gasteiger partial charge on any atom is -0.383 e. The van der Waals surface area contributed by atoms with Crippen molar-refractivity contribution in [2.75, 3.05) is 33.4 Å². The molecule has 18 heavy (non-hydrogen) atoms. The Morgan fingerprint density at radius 2 is 2.17 bits per heavy atom. The van der Waals surface area contributed by atoms with Crippen LogP contribution in [0.25, 0.3) is 0 Å². The molecule has 2 rings (SSSR count). The molecule has 1 heterocycles. The minimum absolute atomic E-state index is 0.192. The van der Waals surface area contributed by atoms with E-state index in [2.05, 4.69) is 17.4 Å². The molecular formula is C14H20ClNO2. The molecule has 1 aliphatic heterocycles. The van der Waals surface area contributed by atoms with E-state index in [1.54, 1.807) is 7.11 Å². The van der Waals surface area contributed by atoms with Crippen LogP contribution in [-0.4, -0.2) is 33.4 Å². The lowest BCUT2D eigenvalue weighted by Crippen LogP contribution is -2.27. The first-order valence-corrected chi connectivity index (χ1v) is 6.76. The Morgan fingerprint density at radius 1 is 1.39 bits per heavy atom. The number of halogens is 1. The van der Waals surface area contributed by atoms with E-state index in [1.165, 1.54) is 5.56 Å². The van der Waals surface area contributed by atoms with E-state index < -0.39 is 0 Å². The van der Waals surface area contributed by atoms with Crippen LogP contribution < -0.4 is 5.32 Å². The molecule has 0 bridgehead atoms. The van der Waals surface area contributed by atoms with Crippen molar-refractivity contribution >= 4 is 11.6 Å². The summed E-state index contributed by atoms with van der Waals surface area (Å²) in [7, 11) is 1.72. The van der Waals surface area contributed by atoms with Crippen LogP contribution in [0.3, 0.4) is 0 Å². The third kappa shape index (κ3) is 3.69. The number of methoxy groups -OCH3 is 1. The first-order valence-electron chi connectivity index (χ1n) is 6.38. The fourth-order valence-electron chi connectivity index (χ4n) is 2.33. The quantitative estimate of drug-likeness (QED) is 0.806. The monoisotopic (exact) mass is 269 g/mol. The molecule has 1 saturated heterocycles. The SMILES string of the molecule is COCCNCC1CCOC1c1ccc(Cl)cc1. The summed E-state index contributed by atoms with van der Waals surface area (Å²) in [5.41, 5.74) is 1.22. The van der Waals surface area contributed by atoms with E-state index in [0.29, 0.717) is 5.92 Å². The largest absolute Gasteiger partial charge is 0.383 e. The average Bonchev–Trinajstić information content (AvgIpc) is 2.84. The van der Waals surface area contributed by atoms with Crippen LogP contribution >= 0.6 is 11.6 Å². The van der Waals surface area contributed by atoms with Gasteiger partial charge in [-0.15, -0.1) is 0 Å². The molecule has 3 nitrogen and oxygen atoms in total. The molecule has 1 fully saturated rings. The maximum absolute atomic E-state index is 5.91. The van der Waals surface area contributed by atoms with Crippen LogP contribution in [-0.2, 0) is 9.47 Å². The van der Waals surface area contributed by atoms with Crippen molar-refractivity contribution < 1.29 is 9.47 Å². The number of rotatable bonds is 6. The normalized spacial score (nSPS) is 23.4. The van der Waals surface area contributed by atoms with Gasteiger partial charge in [0.25, 0.3) is 0 Å². The van der Waals surface area contributed by atoms with E-state index in [9.17, 15) is 0 Å². The van der Waals surface area contributed by atoms with Crippen molar-refractivity contribution in [3.05, 3.63) is 34.9 Å². The van der Waals surface area contributed by atoms with Crippen molar-refractivity contribution in [2.24, 2.45) is 5.92 Å². The van der Waals surface area contributed by atoms with Gasteiger partial charge in [0.05, 0.1) is 12.7 Å². The fraction of sp³-hybridized carbons (Fsp3) is 0.571. The molecule has 1 N–H and O–H groups in total. The summed E-state index contributed by atoms with van der Waals surface area (Å²) in [5.74, 6) is 0.531. The van der Waals surface area contributed by atoms with Gasteiger partial charge in [-0.05, 0) is 24.1 Å². The van der Waals surface area contributed by atoms with Gasteiger partial charge in [-0.3, -0.25) is 0 Å². The highest BCUT2D eigenvalue weighted by Crippen LogP contribution is 2.34. The van der Waals surface area contributed by atoms with Crippen molar-refractivity contribution in [3.63, 3.8) is 0 Å². The lowest BCUT2D eigenvalue weighted by atomic mass is 9.95. The molecule has 0 spiro atoms. The van der Waals surface area contributed by atoms with E-state index in [0.717, 1.165) is 37.7 Å². The molecule has 1 aromatic carbocycles. The summed E-state index contributed by atoms with van der Waals surface area (Å²) in [6.45, 7) is 3.44. The van der Waals surface area contributed by atoms with Crippen LogP contribution in [0.1, 0.15) is 18.1 Å². The highest BCUT2D eigenvalue weighted by Gasteiger charge is 2.29. The smallest absolute Gasteiger partial charge is 0.0866 e. The zero-order valence-electron chi connectivity index (χ0n) is 10.7. The Balaban J connectivity index is 1.88. The predicted molar refractivity (Wildman–Crippen MR) is 73.0 cm³/mol. The zero-order valence-corrected chi connectivity index (χ0v) is 11.5. The summed E-state index contributed by atoms with van der Waals surface area (Å²) in [6.07, 6.45) is 1.30.